The Morgan fingerprint density at radius 1 is 0.971 bits per heavy atom. The third-order valence-corrected chi connectivity index (χ3v) is 9.71. The Balaban J connectivity index is 1.28. The molecular formula is C26H41N3O4S. The molecule has 1 atom stereocenters. The maximum absolute atomic E-state index is 13.3. The maximum Gasteiger partial charge on any atom is 0.243 e. The molecule has 34 heavy (non-hydrogen) atoms. The molecule has 3 aliphatic heterocycles. The Hall–Kier alpha value is -1.64. The lowest BCUT2D eigenvalue weighted by Gasteiger charge is -2.40. The summed E-state index contributed by atoms with van der Waals surface area (Å²) >= 11 is 0. The van der Waals surface area contributed by atoms with Crippen LogP contribution >= 0.6 is 0 Å². The summed E-state index contributed by atoms with van der Waals surface area (Å²) < 4.78 is 33.1. The van der Waals surface area contributed by atoms with Crippen molar-refractivity contribution in [3.05, 3.63) is 24.3 Å². The minimum Gasteiger partial charge on any atom is -0.494 e. The molecule has 0 aliphatic carbocycles. The predicted octanol–water partition coefficient (Wildman–Crippen LogP) is 3.46. The van der Waals surface area contributed by atoms with Gasteiger partial charge in [0.15, 0.2) is 0 Å². The summed E-state index contributed by atoms with van der Waals surface area (Å²) in [6.45, 7) is 10.8. The molecule has 8 heteroatoms. The summed E-state index contributed by atoms with van der Waals surface area (Å²) in [4.78, 5) is 18.2. The van der Waals surface area contributed by atoms with Gasteiger partial charge in [0.05, 0.1) is 11.5 Å². The number of nitrogens with zero attached hydrogens (tertiary/aromatic N) is 3. The summed E-state index contributed by atoms with van der Waals surface area (Å²) in [6.07, 6.45) is 6.04. The number of hydrogen-bond acceptors (Lipinski definition) is 5. The van der Waals surface area contributed by atoms with Crippen molar-refractivity contribution >= 4 is 15.9 Å². The monoisotopic (exact) mass is 491 g/mol. The van der Waals surface area contributed by atoms with Gasteiger partial charge in [-0.1, -0.05) is 6.92 Å². The first kappa shape index (κ1) is 25.5. The van der Waals surface area contributed by atoms with Gasteiger partial charge in [-0.25, -0.2) is 8.42 Å². The number of sulfonamides is 1. The number of benzene rings is 1. The zero-order valence-corrected chi connectivity index (χ0v) is 21.6. The van der Waals surface area contributed by atoms with Crippen LogP contribution in [0.2, 0.25) is 0 Å². The quantitative estimate of drug-likeness (QED) is 0.584. The van der Waals surface area contributed by atoms with Crippen LogP contribution in [0, 0.1) is 17.8 Å². The molecule has 1 amide bonds. The van der Waals surface area contributed by atoms with Crippen LogP contribution in [0.4, 0.5) is 0 Å². The van der Waals surface area contributed by atoms with E-state index in [0.717, 1.165) is 32.0 Å². The number of carbonyl (C=O) groups excluding carboxylic acids is 1. The van der Waals surface area contributed by atoms with Crippen molar-refractivity contribution in [3.63, 3.8) is 0 Å². The van der Waals surface area contributed by atoms with Crippen molar-refractivity contribution in [2.75, 3.05) is 52.4 Å². The second-order valence-electron chi connectivity index (χ2n) is 10.4. The van der Waals surface area contributed by atoms with Gasteiger partial charge in [0, 0.05) is 38.6 Å². The van der Waals surface area contributed by atoms with Crippen molar-refractivity contribution < 1.29 is 17.9 Å². The molecule has 7 nitrogen and oxygen atoms in total. The first-order valence-corrected chi connectivity index (χ1v) is 14.5. The molecule has 0 radical (unpaired) electrons. The molecule has 1 aromatic rings. The molecule has 3 fully saturated rings. The summed E-state index contributed by atoms with van der Waals surface area (Å²) in [6, 6.07) is 6.61. The summed E-state index contributed by atoms with van der Waals surface area (Å²) in [5.41, 5.74) is 0. The Bertz CT molecular complexity index is 904. The van der Waals surface area contributed by atoms with Gasteiger partial charge >= 0.3 is 0 Å². The molecule has 0 bridgehead atoms. The topological polar surface area (TPSA) is 70.2 Å². The average Bonchev–Trinajstić information content (AvgIpc) is 2.86. The maximum atomic E-state index is 13.3. The molecular weight excluding hydrogens is 450 g/mol. The van der Waals surface area contributed by atoms with E-state index in [2.05, 4.69) is 16.7 Å². The van der Waals surface area contributed by atoms with E-state index in [0.29, 0.717) is 44.2 Å². The van der Waals surface area contributed by atoms with E-state index in [1.807, 2.05) is 6.92 Å². The molecule has 3 heterocycles. The highest BCUT2D eigenvalue weighted by molar-refractivity contribution is 7.89. The molecule has 0 spiro atoms. The molecule has 1 unspecified atom stereocenters. The van der Waals surface area contributed by atoms with Crippen LogP contribution in [0.3, 0.4) is 0 Å². The van der Waals surface area contributed by atoms with E-state index in [4.69, 9.17) is 4.74 Å². The third-order valence-electron chi connectivity index (χ3n) is 7.80. The van der Waals surface area contributed by atoms with E-state index in [1.54, 1.807) is 24.3 Å². The standard InChI is InChI=1S/C26H41N3O4S/c1-3-33-24-6-8-25(9-7-24)34(31,32)29-17-12-23(13-18-29)26(30)28-14-4-5-22(20-28)19-27-15-10-21(2)11-16-27/h6-9,21-23H,3-5,10-20H2,1-2H3. The summed E-state index contributed by atoms with van der Waals surface area (Å²) in [5, 5.41) is 0. The third kappa shape index (κ3) is 6.13. The van der Waals surface area contributed by atoms with Gasteiger partial charge in [0.1, 0.15) is 5.75 Å². The van der Waals surface area contributed by atoms with Gasteiger partial charge in [-0.15, -0.1) is 0 Å². The second kappa shape index (κ2) is 11.4. The Kier molecular flexibility index (Phi) is 8.53. The minimum atomic E-state index is -3.55. The molecule has 0 N–H and O–H groups in total. The predicted molar refractivity (Wildman–Crippen MR) is 133 cm³/mol. The average molecular weight is 492 g/mol. The number of rotatable bonds is 7. The van der Waals surface area contributed by atoms with Crippen molar-refractivity contribution in [1.82, 2.24) is 14.1 Å². The number of carbonyl (C=O) groups is 1. The van der Waals surface area contributed by atoms with Crippen LogP contribution < -0.4 is 4.74 Å². The summed E-state index contributed by atoms with van der Waals surface area (Å²) in [5.74, 6) is 2.23. The smallest absolute Gasteiger partial charge is 0.243 e. The Morgan fingerprint density at radius 2 is 1.65 bits per heavy atom. The van der Waals surface area contributed by atoms with Crippen molar-refractivity contribution in [1.29, 1.82) is 0 Å². The van der Waals surface area contributed by atoms with Crippen LogP contribution in [0.15, 0.2) is 29.2 Å². The molecule has 4 rings (SSSR count). The van der Waals surface area contributed by atoms with Gasteiger partial charge in [-0.05, 0) is 94.6 Å². The molecule has 3 aliphatic rings. The summed E-state index contributed by atoms with van der Waals surface area (Å²) in [7, 11) is -3.55. The molecule has 1 aromatic carbocycles. The first-order valence-electron chi connectivity index (χ1n) is 13.1. The van der Waals surface area contributed by atoms with Crippen LogP contribution in [0.1, 0.15) is 52.4 Å². The van der Waals surface area contributed by atoms with Gasteiger partial charge in [0.25, 0.3) is 0 Å². The molecule has 190 valence electrons. The normalized spacial score (nSPS) is 24.3. The molecule has 0 aromatic heterocycles. The van der Waals surface area contributed by atoms with Crippen LogP contribution in [0.25, 0.3) is 0 Å². The fraction of sp³-hybridized carbons (Fsp3) is 0.731. The minimum absolute atomic E-state index is 0.0682. The van der Waals surface area contributed by atoms with E-state index in [-0.39, 0.29) is 16.7 Å². The van der Waals surface area contributed by atoms with E-state index in [9.17, 15) is 13.2 Å². The number of likely N-dealkylation sites (tertiary alicyclic amines) is 2. The van der Waals surface area contributed by atoms with Crippen molar-refractivity contribution in [2.24, 2.45) is 17.8 Å². The van der Waals surface area contributed by atoms with Crippen LogP contribution in [-0.2, 0) is 14.8 Å². The largest absolute Gasteiger partial charge is 0.494 e. The molecule has 0 saturated carbocycles. The fourth-order valence-electron chi connectivity index (χ4n) is 5.65. The SMILES string of the molecule is CCOc1ccc(S(=O)(=O)N2CCC(C(=O)N3CCCC(CN4CCC(C)CC4)C3)CC2)cc1. The highest BCUT2D eigenvalue weighted by Crippen LogP contribution is 2.28. The number of piperidine rings is 3. The lowest BCUT2D eigenvalue weighted by atomic mass is 9.91. The fourth-order valence-corrected chi connectivity index (χ4v) is 7.12. The number of amides is 1. The van der Waals surface area contributed by atoms with E-state index >= 15 is 0 Å². The highest BCUT2D eigenvalue weighted by Gasteiger charge is 2.35. The number of ether oxygens (including phenoxy) is 1. The first-order chi connectivity index (χ1) is 16.4. The van der Waals surface area contributed by atoms with Crippen LogP contribution in [0.5, 0.6) is 5.75 Å². The molecule has 3 saturated heterocycles. The second-order valence-corrected chi connectivity index (χ2v) is 12.3. The van der Waals surface area contributed by atoms with Gasteiger partial charge in [-0.3, -0.25) is 4.79 Å². The van der Waals surface area contributed by atoms with Crippen molar-refractivity contribution in [3.8, 4) is 5.75 Å². The van der Waals surface area contributed by atoms with Crippen molar-refractivity contribution in [2.45, 2.75) is 57.3 Å². The van der Waals surface area contributed by atoms with E-state index < -0.39 is 10.0 Å². The van der Waals surface area contributed by atoms with E-state index in [1.165, 1.54) is 36.7 Å². The number of hydrogen-bond donors (Lipinski definition) is 0. The Morgan fingerprint density at radius 3 is 2.29 bits per heavy atom. The van der Waals surface area contributed by atoms with Gasteiger partial charge in [0.2, 0.25) is 15.9 Å². The van der Waals surface area contributed by atoms with Crippen LogP contribution in [-0.4, -0.2) is 80.9 Å². The lowest BCUT2D eigenvalue weighted by Crippen LogP contribution is -2.49. The highest BCUT2D eigenvalue weighted by atomic mass is 32.2. The lowest BCUT2D eigenvalue weighted by molar-refractivity contribution is -0.138. The van der Waals surface area contributed by atoms with Gasteiger partial charge < -0.3 is 14.5 Å². The van der Waals surface area contributed by atoms with Gasteiger partial charge in [-0.2, -0.15) is 4.31 Å². The Labute approximate surface area is 205 Å². The zero-order valence-electron chi connectivity index (χ0n) is 20.8. The zero-order chi connectivity index (χ0) is 24.1.